The Kier molecular flexibility index (Phi) is 5.17. The molecule has 3 rings (SSSR count). The van der Waals surface area contributed by atoms with Gasteiger partial charge >= 0.3 is 0 Å². The van der Waals surface area contributed by atoms with Crippen molar-refractivity contribution in [3.05, 3.63) is 0 Å². The van der Waals surface area contributed by atoms with Gasteiger partial charge in [0, 0.05) is 46.1 Å². The van der Waals surface area contributed by atoms with E-state index in [1.165, 1.54) is 0 Å². The summed E-state index contributed by atoms with van der Waals surface area (Å²) in [5.74, 6) is 0.151. The van der Waals surface area contributed by atoms with Crippen molar-refractivity contribution in [1.29, 1.82) is 0 Å². The van der Waals surface area contributed by atoms with Crippen LogP contribution in [0.25, 0.3) is 0 Å². The number of nitrogens with zero attached hydrogens (tertiary/aromatic N) is 4. The number of aliphatic hydroxyl groups excluding tert-OH is 1. The van der Waals surface area contributed by atoms with Gasteiger partial charge in [-0.05, 0) is 19.8 Å². The van der Waals surface area contributed by atoms with Crippen molar-refractivity contribution in [3.63, 3.8) is 0 Å². The fourth-order valence-corrected chi connectivity index (χ4v) is 3.90. The van der Waals surface area contributed by atoms with E-state index in [2.05, 4.69) is 4.99 Å². The van der Waals surface area contributed by atoms with Crippen molar-refractivity contribution in [2.45, 2.75) is 44.3 Å². The van der Waals surface area contributed by atoms with Crippen LogP contribution in [0.15, 0.2) is 4.99 Å². The van der Waals surface area contributed by atoms with Gasteiger partial charge in [-0.25, -0.2) is 4.99 Å². The van der Waals surface area contributed by atoms with Gasteiger partial charge in [0.1, 0.15) is 0 Å². The molecule has 2 amide bonds. The van der Waals surface area contributed by atoms with Crippen LogP contribution in [-0.2, 0) is 14.3 Å². The molecular formula is C17H28N4O4. The molecule has 0 radical (unpaired) electrons. The molecule has 3 heterocycles. The number of hydrogen-bond acceptors (Lipinski definition) is 5. The number of piperidine rings is 1. The molecule has 3 saturated heterocycles. The van der Waals surface area contributed by atoms with Gasteiger partial charge in [0.05, 0.1) is 19.2 Å². The topological polar surface area (TPSA) is 85.7 Å². The van der Waals surface area contributed by atoms with Gasteiger partial charge in [-0.3, -0.25) is 9.59 Å². The number of likely N-dealkylation sites (N-methyl/N-ethyl adjacent to an activating group) is 1. The molecule has 0 saturated carbocycles. The van der Waals surface area contributed by atoms with Crippen molar-refractivity contribution in [2.75, 3.05) is 46.3 Å². The average molecular weight is 352 g/mol. The summed E-state index contributed by atoms with van der Waals surface area (Å²) < 4.78 is 6.00. The first-order valence-corrected chi connectivity index (χ1v) is 9.13. The second-order valence-electron chi connectivity index (χ2n) is 7.13. The highest BCUT2D eigenvalue weighted by Gasteiger charge is 2.52. The number of aliphatic imine (C=N–C) groups is 1. The summed E-state index contributed by atoms with van der Waals surface area (Å²) in [6.07, 6.45) is 1.66. The number of amides is 2. The fourth-order valence-electron chi connectivity index (χ4n) is 3.90. The number of rotatable bonds is 4. The lowest BCUT2D eigenvalue weighted by Gasteiger charge is -2.42. The lowest BCUT2D eigenvalue weighted by Crippen LogP contribution is -2.60. The van der Waals surface area contributed by atoms with Gasteiger partial charge in [-0.2, -0.15) is 0 Å². The second-order valence-corrected chi connectivity index (χ2v) is 7.13. The average Bonchev–Trinajstić information content (AvgIpc) is 3.12. The summed E-state index contributed by atoms with van der Waals surface area (Å²) in [5.41, 5.74) is -0.805. The molecule has 3 aliphatic rings. The van der Waals surface area contributed by atoms with Crippen LogP contribution in [-0.4, -0.2) is 95.7 Å². The molecule has 0 aliphatic carbocycles. The molecule has 0 aromatic rings. The van der Waals surface area contributed by atoms with Gasteiger partial charge in [-0.1, -0.05) is 0 Å². The van der Waals surface area contributed by atoms with E-state index in [4.69, 9.17) is 4.74 Å². The Balaban J connectivity index is 1.61. The molecule has 25 heavy (non-hydrogen) atoms. The van der Waals surface area contributed by atoms with Gasteiger partial charge in [0.25, 0.3) is 6.02 Å². The molecule has 1 spiro atoms. The Bertz CT molecular complexity index is 567. The summed E-state index contributed by atoms with van der Waals surface area (Å²) in [7, 11) is 1.88. The Morgan fingerprint density at radius 2 is 2.20 bits per heavy atom. The van der Waals surface area contributed by atoms with Gasteiger partial charge < -0.3 is 24.5 Å². The summed E-state index contributed by atoms with van der Waals surface area (Å²) in [4.78, 5) is 34.0. The van der Waals surface area contributed by atoms with Crippen molar-refractivity contribution in [1.82, 2.24) is 14.7 Å². The minimum absolute atomic E-state index is 0.0121. The number of amidine groups is 1. The zero-order valence-corrected chi connectivity index (χ0v) is 15.1. The second kappa shape index (κ2) is 7.19. The van der Waals surface area contributed by atoms with Crippen LogP contribution >= 0.6 is 0 Å². The Labute approximate surface area is 148 Å². The maximum atomic E-state index is 12.6. The van der Waals surface area contributed by atoms with E-state index in [1.54, 1.807) is 9.80 Å². The summed E-state index contributed by atoms with van der Waals surface area (Å²) >= 11 is 0. The summed E-state index contributed by atoms with van der Waals surface area (Å²) in [6, 6.07) is 0.526. The molecule has 3 aliphatic heterocycles. The zero-order valence-electron chi connectivity index (χ0n) is 15.1. The Hall–Kier alpha value is -1.83. The van der Waals surface area contributed by atoms with Crippen LogP contribution in [0.2, 0.25) is 0 Å². The minimum atomic E-state index is -0.805. The largest absolute Gasteiger partial charge is 0.452 e. The van der Waals surface area contributed by atoms with Crippen LogP contribution in [0.4, 0.5) is 0 Å². The summed E-state index contributed by atoms with van der Waals surface area (Å²) in [5, 5.41) is 10.5. The van der Waals surface area contributed by atoms with E-state index in [-0.39, 0.29) is 11.8 Å². The van der Waals surface area contributed by atoms with E-state index in [9.17, 15) is 14.7 Å². The highest BCUT2D eigenvalue weighted by atomic mass is 16.6. The zero-order chi connectivity index (χ0) is 18.0. The van der Waals surface area contributed by atoms with Gasteiger partial charge in [-0.15, -0.1) is 0 Å². The van der Waals surface area contributed by atoms with E-state index < -0.39 is 11.7 Å². The highest BCUT2D eigenvalue weighted by Crippen LogP contribution is 2.32. The maximum absolute atomic E-state index is 12.6. The highest BCUT2D eigenvalue weighted by molar-refractivity contribution is 5.81. The third-order valence-corrected chi connectivity index (χ3v) is 5.28. The molecular weight excluding hydrogens is 324 g/mol. The number of aliphatic hydroxyl groups is 1. The molecule has 8 heteroatoms. The molecule has 3 fully saturated rings. The van der Waals surface area contributed by atoms with Crippen molar-refractivity contribution >= 4 is 17.8 Å². The number of carbonyl (C=O) groups is 2. The number of carbonyl (C=O) groups excluding carboxylic acids is 2. The first-order valence-electron chi connectivity index (χ1n) is 9.13. The molecule has 1 N–H and O–H groups in total. The van der Waals surface area contributed by atoms with Crippen molar-refractivity contribution in [3.8, 4) is 0 Å². The molecule has 2 atom stereocenters. The van der Waals surface area contributed by atoms with Crippen LogP contribution in [0.5, 0.6) is 0 Å². The molecule has 0 aromatic heterocycles. The van der Waals surface area contributed by atoms with E-state index >= 15 is 0 Å². The maximum Gasteiger partial charge on any atom is 0.287 e. The minimum Gasteiger partial charge on any atom is -0.452 e. The summed E-state index contributed by atoms with van der Waals surface area (Å²) in [6.45, 7) is 5.16. The van der Waals surface area contributed by atoms with Crippen LogP contribution in [0.3, 0.4) is 0 Å². The molecule has 8 nitrogen and oxygen atoms in total. The quantitative estimate of drug-likeness (QED) is 0.749. The third-order valence-electron chi connectivity index (χ3n) is 5.28. The SMILES string of the molecule is CCN=C1O[C@@]2(CN1C)CN(C(=O)CCN1CCCC1=O)CC[C@@H]2O. The Morgan fingerprint density at radius 3 is 2.88 bits per heavy atom. The smallest absolute Gasteiger partial charge is 0.287 e. The predicted octanol–water partition coefficient (Wildman–Crippen LogP) is -0.331. The first kappa shape index (κ1) is 18.0. The normalized spacial score (nSPS) is 31.3. The van der Waals surface area contributed by atoms with Gasteiger partial charge in [0.2, 0.25) is 11.8 Å². The van der Waals surface area contributed by atoms with Crippen molar-refractivity contribution in [2.24, 2.45) is 4.99 Å². The van der Waals surface area contributed by atoms with Crippen molar-refractivity contribution < 1.29 is 19.4 Å². The van der Waals surface area contributed by atoms with Crippen LogP contribution < -0.4 is 0 Å². The standard InChI is InChI=1S/C17H28N4O4/c1-3-18-16-19(2)11-17(25-16)12-21(9-6-13(17)22)15(24)7-10-20-8-4-5-14(20)23/h13,22H,3-12H2,1-2H3/t13-,17-/m0/s1. The molecule has 0 bridgehead atoms. The third kappa shape index (κ3) is 3.58. The molecule has 140 valence electrons. The number of likely N-dealkylation sites (tertiary alicyclic amines) is 2. The lowest BCUT2D eigenvalue weighted by molar-refractivity contribution is -0.145. The number of hydrogen-bond donors (Lipinski definition) is 1. The van der Waals surface area contributed by atoms with Crippen LogP contribution in [0.1, 0.15) is 32.6 Å². The molecule has 0 aromatic carbocycles. The predicted molar refractivity (Wildman–Crippen MR) is 92.1 cm³/mol. The van der Waals surface area contributed by atoms with E-state index in [0.29, 0.717) is 58.0 Å². The monoisotopic (exact) mass is 352 g/mol. The van der Waals surface area contributed by atoms with E-state index in [1.807, 2.05) is 18.9 Å². The van der Waals surface area contributed by atoms with E-state index in [0.717, 1.165) is 13.0 Å². The molecule has 0 unspecified atom stereocenters. The Morgan fingerprint density at radius 1 is 1.40 bits per heavy atom. The number of ether oxygens (including phenoxy) is 1. The first-order chi connectivity index (χ1) is 11.9. The lowest BCUT2D eigenvalue weighted by atomic mass is 9.89. The fraction of sp³-hybridized carbons (Fsp3) is 0.824. The van der Waals surface area contributed by atoms with Gasteiger partial charge in [0.15, 0.2) is 5.60 Å². The van der Waals surface area contributed by atoms with Crippen LogP contribution in [0, 0.1) is 0 Å².